The van der Waals surface area contributed by atoms with E-state index < -0.39 is 24.0 Å². The van der Waals surface area contributed by atoms with Crippen molar-refractivity contribution in [2.24, 2.45) is 0 Å². The Morgan fingerprint density at radius 1 is 1.29 bits per heavy atom. The SMILES string of the molecule is Cc1ccc(N2CCO[C@H]([C@@H](O)C(=O)Nc3ccc(C#N)cc3)C2=O)c(C)c1. The number of rotatable bonds is 4. The van der Waals surface area contributed by atoms with Crippen LogP contribution in [0.1, 0.15) is 16.7 Å². The van der Waals surface area contributed by atoms with Crippen molar-refractivity contribution in [3.8, 4) is 6.07 Å². The number of hydrogen-bond acceptors (Lipinski definition) is 5. The molecule has 2 N–H and O–H groups in total. The van der Waals surface area contributed by atoms with Crippen molar-refractivity contribution in [2.45, 2.75) is 26.1 Å². The van der Waals surface area contributed by atoms with Gasteiger partial charge < -0.3 is 20.1 Å². The van der Waals surface area contributed by atoms with Crippen LogP contribution in [0.25, 0.3) is 0 Å². The fourth-order valence-electron chi connectivity index (χ4n) is 3.16. The molecular weight excluding hydrogens is 358 g/mol. The first kappa shape index (κ1) is 19.5. The van der Waals surface area contributed by atoms with E-state index in [2.05, 4.69) is 5.32 Å². The number of nitriles is 1. The highest BCUT2D eigenvalue weighted by Gasteiger charge is 2.39. The minimum atomic E-state index is -1.66. The Hall–Kier alpha value is -3.21. The normalized spacial score (nSPS) is 17.7. The highest BCUT2D eigenvalue weighted by Crippen LogP contribution is 2.25. The number of amides is 2. The number of anilines is 2. The third-order valence-corrected chi connectivity index (χ3v) is 4.60. The molecule has 1 heterocycles. The molecule has 0 bridgehead atoms. The molecule has 1 fully saturated rings. The zero-order chi connectivity index (χ0) is 20.3. The number of hydrogen-bond donors (Lipinski definition) is 2. The molecule has 144 valence electrons. The van der Waals surface area contributed by atoms with E-state index in [1.807, 2.05) is 38.1 Å². The molecule has 1 saturated heterocycles. The Balaban J connectivity index is 1.73. The van der Waals surface area contributed by atoms with Crippen LogP contribution in [0.2, 0.25) is 0 Å². The zero-order valence-electron chi connectivity index (χ0n) is 15.7. The lowest BCUT2D eigenvalue weighted by Crippen LogP contribution is -2.55. The van der Waals surface area contributed by atoms with Crippen LogP contribution in [-0.2, 0) is 14.3 Å². The molecule has 2 amide bonds. The monoisotopic (exact) mass is 379 g/mol. The van der Waals surface area contributed by atoms with E-state index in [9.17, 15) is 14.7 Å². The Labute approximate surface area is 163 Å². The van der Waals surface area contributed by atoms with Gasteiger partial charge in [0.15, 0.2) is 12.2 Å². The number of nitrogens with zero attached hydrogens (tertiary/aromatic N) is 2. The van der Waals surface area contributed by atoms with E-state index in [-0.39, 0.29) is 6.61 Å². The zero-order valence-corrected chi connectivity index (χ0v) is 15.7. The summed E-state index contributed by atoms with van der Waals surface area (Å²) in [4.78, 5) is 26.8. The third-order valence-electron chi connectivity index (χ3n) is 4.60. The molecule has 28 heavy (non-hydrogen) atoms. The van der Waals surface area contributed by atoms with Crippen molar-refractivity contribution in [1.29, 1.82) is 5.26 Å². The molecule has 3 rings (SSSR count). The quantitative estimate of drug-likeness (QED) is 0.845. The van der Waals surface area contributed by atoms with Gasteiger partial charge in [-0.25, -0.2) is 0 Å². The molecule has 2 aromatic rings. The lowest BCUT2D eigenvalue weighted by molar-refractivity contribution is -0.150. The predicted octanol–water partition coefficient (Wildman–Crippen LogP) is 1.91. The summed E-state index contributed by atoms with van der Waals surface area (Å²) in [6.07, 6.45) is -2.94. The maximum Gasteiger partial charge on any atom is 0.259 e. The summed E-state index contributed by atoms with van der Waals surface area (Å²) < 4.78 is 5.42. The van der Waals surface area contributed by atoms with E-state index in [4.69, 9.17) is 10.00 Å². The molecule has 0 aromatic heterocycles. The van der Waals surface area contributed by atoms with Crippen molar-refractivity contribution < 1.29 is 19.4 Å². The highest BCUT2D eigenvalue weighted by atomic mass is 16.5. The summed E-state index contributed by atoms with van der Waals surface area (Å²) in [5.41, 5.74) is 3.63. The van der Waals surface area contributed by atoms with Crippen LogP contribution in [-0.4, -0.2) is 42.3 Å². The average molecular weight is 379 g/mol. The maximum atomic E-state index is 12.9. The first-order chi connectivity index (χ1) is 13.4. The van der Waals surface area contributed by atoms with Gasteiger partial charge in [0, 0.05) is 17.9 Å². The number of nitrogens with one attached hydrogen (secondary N) is 1. The molecule has 0 aliphatic carbocycles. The van der Waals surface area contributed by atoms with Crippen LogP contribution in [0.15, 0.2) is 42.5 Å². The average Bonchev–Trinajstić information content (AvgIpc) is 2.69. The van der Waals surface area contributed by atoms with Gasteiger partial charge in [0.1, 0.15) is 0 Å². The van der Waals surface area contributed by atoms with Crippen molar-refractivity contribution >= 4 is 23.2 Å². The second-order valence-electron chi connectivity index (χ2n) is 6.69. The minimum absolute atomic E-state index is 0.213. The minimum Gasteiger partial charge on any atom is -0.380 e. The summed E-state index contributed by atoms with van der Waals surface area (Å²) in [6, 6.07) is 13.9. The van der Waals surface area contributed by atoms with E-state index >= 15 is 0 Å². The largest absolute Gasteiger partial charge is 0.380 e. The summed E-state index contributed by atoms with van der Waals surface area (Å²) >= 11 is 0. The van der Waals surface area contributed by atoms with Gasteiger partial charge in [0.05, 0.1) is 18.2 Å². The van der Waals surface area contributed by atoms with Gasteiger partial charge >= 0.3 is 0 Å². The Morgan fingerprint density at radius 2 is 2.00 bits per heavy atom. The van der Waals surface area contributed by atoms with E-state index in [0.29, 0.717) is 17.8 Å². The smallest absolute Gasteiger partial charge is 0.259 e. The lowest BCUT2D eigenvalue weighted by atomic mass is 10.1. The van der Waals surface area contributed by atoms with Crippen LogP contribution in [0.4, 0.5) is 11.4 Å². The molecule has 1 aliphatic rings. The predicted molar refractivity (Wildman–Crippen MR) is 104 cm³/mol. The number of carbonyl (C=O) groups is 2. The van der Waals surface area contributed by atoms with Gasteiger partial charge in [0.25, 0.3) is 11.8 Å². The number of ether oxygens (including phenoxy) is 1. The fraction of sp³-hybridized carbons (Fsp3) is 0.286. The molecular formula is C21H21N3O4. The van der Waals surface area contributed by atoms with Gasteiger partial charge in [-0.05, 0) is 49.7 Å². The number of morpholine rings is 1. The topological polar surface area (TPSA) is 103 Å². The molecule has 2 aromatic carbocycles. The lowest BCUT2D eigenvalue weighted by Gasteiger charge is -2.34. The molecule has 1 aliphatic heterocycles. The summed E-state index contributed by atoms with van der Waals surface area (Å²) in [5, 5.41) is 21.8. The van der Waals surface area contributed by atoms with Crippen molar-refractivity contribution in [3.05, 3.63) is 59.2 Å². The molecule has 2 atom stereocenters. The second kappa shape index (κ2) is 8.21. The van der Waals surface area contributed by atoms with E-state index in [0.717, 1.165) is 16.8 Å². The Bertz CT molecular complexity index is 934. The number of benzene rings is 2. The molecule has 7 nitrogen and oxygen atoms in total. The van der Waals surface area contributed by atoms with Crippen molar-refractivity contribution in [1.82, 2.24) is 0 Å². The number of aliphatic hydroxyl groups excluding tert-OH is 1. The van der Waals surface area contributed by atoms with Crippen LogP contribution < -0.4 is 10.2 Å². The maximum absolute atomic E-state index is 12.9. The highest BCUT2D eigenvalue weighted by molar-refractivity contribution is 6.04. The first-order valence-electron chi connectivity index (χ1n) is 8.90. The van der Waals surface area contributed by atoms with Crippen LogP contribution in [0, 0.1) is 25.2 Å². The van der Waals surface area contributed by atoms with E-state index in [1.165, 1.54) is 0 Å². The Morgan fingerprint density at radius 3 is 2.64 bits per heavy atom. The summed E-state index contributed by atoms with van der Waals surface area (Å²) in [6.45, 7) is 4.44. The number of aliphatic hydroxyl groups is 1. The van der Waals surface area contributed by atoms with Gasteiger partial charge in [-0.3, -0.25) is 9.59 Å². The molecule has 0 unspecified atom stereocenters. The Kier molecular flexibility index (Phi) is 5.73. The van der Waals surface area contributed by atoms with Crippen molar-refractivity contribution in [2.75, 3.05) is 23.4 Å². The standard InChI is InChI=1S/C21H21N3O4/c1-13-3-8-17(14(2)11-13)24-9-10-28-19(21(24)27)18(25)20(26)23-16-6-4-15(12-22)5-7-16/h3-8,11,18-19,25H,9-10H2,1-2H3,(H,23,26)/t18-,19-/m1/s1. The third kappa shape index (κ3) is 4.03. The van der Waals surface area contributed by atoms with Crippen LogP contribution in [0.3, 0.4) is 0 Å². The summed E-state index contributed by atoms with van der Waals surface area (Å²) in [5.74, 6) is -1.20. The first-order valence-corrected chi connectivity index (χ1v) is 8.90. The van der Waals surface area contributed by atoms with Gasteiger partial charge in [-0.2, -0.15) is 5.26 Å². The molecule has 0 radical (unpaired) electrons. The van der Waals surface area contributed by atoms with Gasteiger partial charge in [-0.1, -0.05) is 17.7 Å². The second-order valence-corrected chi connectivity index (χ2v) is 6.69. The summed E-state index contributed by atoms with van der Waals surface area (Å²) in [7, 11) is 0. The number of aryl methyl sites for hydroxylation is 2. The number of carbonyl (C=O) groups excluding carboxylic acids is 2. The van der Waals surface area contributed by atoms with Crippen LogP contribution >= 0.6 is 0 Å². The molecule has 0 spiro atoms. The molecule has 7 heteroatoms. The van der Waals surface area contributed by atoms with Crippen molar-refractivity contribution in [3.63, 3.8) is 0 Å². The van der Waals surface area contributed by atoms with E-state index in [1.54, 1.807) is 29.2 Å². The van der Waals surface area contributed by atoms with Gasteiger partial charge in [-0.15, -0.1) is 0 Å². The fourth-order valence-corrected chi connectivity index (χ4v) is 3.16. The van der Waals surface area contributed by atoms with Gasteiger partial charge in [0.2, 0.25) is 0 Å². The molecule has 0 saturated carbocycles. The van der Waals surface area contributed by atoms with Crippen LogP contribution in [0.5, 0.6) is 0 Å².